The highest BCUT2D eigenvalue weighted by molar-refractivity contribution is 5.95. The van der Waals surface area contributed by atoms with Gasteiger partial charge in [-0.15, -0.1) is 0 Å². The SMILES string of the molecule is Cc1ccc(F)c(NC(=O)C2(C)CCCNC2)c1. The number of carbonyl (C=O) groups excluding carboxylic acids is 1. The predicted molar refractivity (Wildman–Crippen MR) is 70.0 cm³/mol. The molecule has 0 bridgehead atoms. The summed E-state index contributed by atoms with van der Waals surface area (Å²) in [5.41, 5.74) is 0.749. The van der Waals surface area contributed by atoms with Crippen LogP contribution in [0.4, 0.5) is 10.1 Å². The Balaban J connectivity index is 2.13. The second-order valence-electron chi connectivity index (χ2n) is 5.28. The van der Waals surface area contributed by atoms with Crippen molar-refractivity contribution >= 4 is 11.6 Å². The van der Waals surface area contributed by atoms with Crippen LogP contribution in [0.3, 0.4) is 0 Å². The minimum absolute atomic E-state index is 0.112. The number of nitrogens with one attached hydrogen (secondary N) is 2. The predicted octanol–water partition coefficient (Wildman–Crippen LogP) is 2.46. The zero-order chi connectivity index (χ0) is 13.2. The van der Waals surface area contributed by atoms with Gasteiger partial charge >= 0.3 is 0 Å². The van der Waals surface area contributed by atoms with E-state index >= 15 is 0 Å². The molecular formula is C14H19FN2O. The molecule has 1 fully saturated rings. The van der Waals surface area contributed by atoms with E-state index in [-0.39, 0.29) is 17.4 Å². The minimum atomic E-state index is -0.450. The molecule has 2 rings (SSSR count). The lowest BCUT2D eigenvalue weighted by molar-refractivity contribution is -0.125. The Labute approximate surface area is 107 Å². The van der Waals surface area contributed by atoms with Crippen molar-refractivity contribution in [3.63, 3.8) is 0 Å². The molecule has 1 aliphatic heterocycles. The average Bonchev–Trinajstić information content (AvgIpc) is 2.35. The number of hydrogen-bond donors (Lipinski definition) is 2. The molecule has 3 nitrogen and oxygen atoms in total. The Morgan fingerprint density at radius 1 is 1.50 bits per heavy atom. The summed E-state index contributed by atoms with van der Waals surface area (Å²) in [5, 5.41) is 5.92. The maximum absolute atomic E-state index is 13.6. The number of halogens is 1. The lowest BCUT2D eigenvalue weighted by Gasteiger charge is -2.32. The lowest BCUT2D eigenvalue weighted by atomic mass is 9.82. The summed E-state index contributed by atoms with van der Waals surface area (Å²) < 4.78 is 13.6. The fourth-order valence-corrected chi connectivity index (χ4v) is 2.26. The van der Waals surface area contributed by atoms with Crippen molar-refractivity contribution in [3.8, 4) is 0 Å². The third kappa shape index (κ3) is 2.70. The molecule has 0 saturated carbocycles. The van der Waals surface area contributed by atoms with E-state index in [9.17, 15) is 9.18 Å². The van der Waals surface area contributed by atoms with Gasteiger partial charge in [0.25, 0.3) is 0 Å². The summed E-state index contributed by atoms with van der Waals surface area (Å²) in [6.07, 6.45) is 1.81. The molecular weight excluding hydrogens is 231 g/mol. The molecule has 0 radical (unpaired) electrons. The molecule has 1 aliphatic rings. The maximum atomic E-state index is 13.6. The lowest BCUT2D eigenvalue weighted by Crippen LogP contribution is -2.46. The summed E-state index contributed by atoms with van der Waals surface area (Å²) in [6.45, 7) is 5.38. The molecule has 1 saturated heterocycles. The fraction of sp³-hybridized carbons (Fsp3) is 0.500. The zero-order valence-electron chi connectivity index (χ0n) is 10.8. The number of amides is 1. The molecule has 0 spiro atoms. The monoisotopic (exact) mass is 250 g/mol. The van der Waals surface area contributed by atoms with Crippen LogP contribution in [-0.2, 0) is 4.79 Å². The Bertz CT molecular complexity index is 453. The van der Waals surface area contributed by atoms with Gasteiger partial charge in [-0.05, 0) is 50.9 Å². The first-order valence-corrected chi connectivity index (χ1v) is 6.30. The van der Waals surface area contributed by atoms with Crippen molar-refractivity contribution in [2.75, 3.05) is 18.4 Å². The van der Waals surface area contributed by atoms with E-state index in [4.69, 9.17) is 0 Å². The topological polar surface area (TPSA) is 41.1 Å². The van der Waals surface area contributed by atoms with Crippen LogP contribution >= 0.6 is 0 Å². The van der Waals surface area contributed by atoms with Gasteiger partial charge in [0, 0.05) is 6.54 Å². The van der Waals surface area contributed by atoms with E-state index in [1.54, 1.807) is 12.1 Å². The van der Waals surface area contributed by atoms with E-state index in [1.807, 2.05) is 13.8 Å². The Morgan fingerprint density at radius 2 is 2.28 bits per heavy atom. The van der Waals surface area contributed by atoms with Crippen molar-refractivity contribution in [2.45, 2.75) is 26.7 Å². The van der Waals surface area contributed by atoms with E-state index in [1.165, 1.54) is 6.07 Å². The van der Waals surface area contributed by atoms with E-state index in [2.05, 4.69) is 10.6 Å². The molecule has 0 aliphatic carbocycles. The molecule has 2 N–H and O–H groups in total. The van der Waals surface area contributed by atoms with Gasteiger partial charge in [0.1, 0.15) is 5.82 Å². The summed E-state index contributed by atoms with van der Waals surface area (Å²) >= 11 is 0. The number of rotatable bonds is 2. The number of carbonyl (C=O) groups is 1. The van der Waals surface area contributed by atoms with Crippen molar-refractivity contribution in [1.29, 1.82) is 0 Å². The fourth-order valence-electron chi connectivity index (χ4n) is 2.26. The molecule has 1 heterocycles. The highest BCUT2D eigenvalue weighted by Gasteiger charge is 2.34. The van der Waals surface area contributed by atoms with Crippen molar-refractivity contribution in [2.24, 2.45) is 5.41 Å². The first-order valence-electron chi connectivity index (χ1n) is 6.30. The van der Waals surface area contributed by atoms with Gasteiger partial charge in [-0.25, -0.2) is 4.39 Å². The first-order chi connectivity index (χ1) is 8.51. The number of piperidine rings is 1. The number of benzene rings is 1. The van der Waals surface area contributed by atoms with Crippen LogP contribution in [-0.4, -0.2) is 19.0 Å². The summed E-state index contributed by atoms with van der Waals surface area (Å²) in [4.78, 5) is 12.2. The number of anilines is 1. The van der Waals surface area contributed by atoms with Gasteiger partial charge in [0.2, 0.25) is 5.91 Å². The highest BCUT2D eigenvalue weighted by atomic mass is 19.1. The molecule has 1 amide bonds. The van der Waals surface area contributed by atoms with Gasteiger partial charge in [0.05, 0.1) is 11.1 Å². The van der Waals surface area contributed by atoms with Crippen LogP contribution in [0.2, 0.25) is 0 Å². The van der Waals surface area contributed by atoms with Crippen LogP contribution in [0, 0.1) is 18.2 Å². The van der Waals surface area contributed by atoms with Crippen molar-refractivity contribution in [1.82, 2.24) is 5.32 Å². The normalized spacial score (nSPS) is 23.7. The molecule has 1 unspecified atom stereocenters. The van der Waals surface area contributed by atoms with Crippen LogP contribution in [0.5, 0.6) is 0 Å². The Kier molecular flexibility index (Phi) is 3.66. The molecule has 0 aromatic heterocycles. The van der Waals surface area contributed by atoms with E-state index in [0.29, 0.717) is 6.54 Å². The molecule has 18 heavy (non-hydrogen) atoms. The van der Waals surface area contributed by atoms with Gasteiger partial charge in [-0.1, -0.05) is 6.07 Å². The smallest absolute Gasteiger partial charge is 0.231 e. The van der Waals surface area contributed by atoms with Crippen molar-refractivity contribution in [3.05, 3.63) is 29.6 Å². The second kappa shape index (κ2) is 5.06. The minimum Gasteiger partial charge on any atom is -0.323 e. The van der Waals surface area contributed by atoms with Crippen LogP contribution < -0.4 is 10.6 Å². The van der Waals surface area contributed by atoms with Crippen LogP contribution in [0.1, 0.15) is 25.3 Å². The van der Waals surface area contributed by atoms with Crippen molar-refractivity contribution < 1.29 is 9.18 Å². The number of aryl methyl sites for hydroxylation is 1. The Hall–Kier alpha value is -1.42. The Morgan fingerprint density at radius 3 is 2.94 bits per heavy atom. The summed E-state index contributed by atoms with van der Waals surface area (Å²) in [5.74, 6) is -0.500. The standard InChI is InChI=1S/C14H19FN2O/c1-10-4-5-11(15)12(8-10)17-13(18)14(2)6-3-7-16-9-14/h4-5,8,16H,3,6-7,9H2,1-2H3,(H,17,18). The van der Waals surface area contributed by atoms with E-state index < -0.39 is 5.41 Å². The molecule has 1 aromatic rings. The zero-order valence-corrected chi connectivity index (χ0v) is 10.8. The highest BCUT2D eigenvalue weighted by Crippen LogP contribution is 2.28. The van der Waals surface area contributed by atoms with Gasteiger partial charge < -0.3 is 10.6 Å². The average molecular weight is 250 g/mol. The molecule has 4 heteroatoms. The summed E-state index contributed by atoms with van der Waals surface area (Å²) in [7, 11) is 0. The van der Waals surface area contributed by atoms with Crippen LogP contribution in [0.25, 0.3) is 0 Å². The first kappa shape index (κ1) is 13.0. The van der Waals surface area contributed by atoms with Gasteiger partial charge in [-0.2, -0.15) is 0 Å². The van der Waals surface area contributed by atoms with E-state index in [0.717, 1.165) is 24.9 Å². The third-order valence-corrected chi connectivity index (χ3v) is 3.52. The quantitative estimate of drug-likeness (QED) is 0.846. The maximum Gasteiger partial charge on any atom is 0.231 e. The van der Waals surface area contributed by atoms with Gasteiger partial charge in [-0.3, -0.25) is 4.79 Å². The number of hydrogen-bond acceptors (Lipinski definition) is 2. The molecule has 1 atom stereocenters. The van der Waals surface area contributed by atoms with Gasteiger partial charge in [0.15, 0.2) is 0 Å². The largest absolute Gasteiger partial charge is 0.323 e. The van der Waals surface area contributed by atoms with Crippen LogP contribution in [0.15, 0.2) is 18.2 Å². The summed E-state index contributed by atoms with van der Waals surface area (Å²) in [6, 6.07) is 4.73. The molecule has 1 aromatic carbocycles. The third-order valence-electron chi connectivity index (χ3n) is 3.52. The molecule has 98 valence electrons. The second-order valence-corrected chi connectivity index (χ2v) is 5.28.